The van der Waals surface area contributed by atoms with E-state index in [1.165, 1.54) is 24.3 Å². The van der Waals surface area contributed by atoms with Crippen LogP contribution in [0.1, 0.15) is 43.7 Å². The highest BCUT2D eigenvalue weighted by molar-refractivity contribution is 6.29. The van der Waals surface area contributed by atoms with Gasteiger partial charge in [0.05, 0.1) is 17.3 Å². The smallest absolute Gasteiger partial charge is 0.416 e. The summed E-state index contributed by atoms with van der Waals surface area (Å²) in [5.41, 5.74) is -1.21. The molecular weight excluding hydrogens is 409 g/mol. The molecular formula is C20H21ClF3N2O3-. The zero-order valence-corrected chi connectivity index (χ0v) is 16.8. The number of aliphatic hydroxyl groups is 1. The largest absolute Gasteiger partial charge is 0.530 e. The quantitative estimate of drug-likeness (QED) is 0.732. The van der Waals surface area contributed by atoms with Gasteiger partial charge in [-0.25, -0.2) is 4.98 Å². The van der Waals surface area contributed by atoms with Crippen LogP contribution >= 0.6 is 11.6 Å². The van der Waals surface area contributed by atoms with Gasteiger partial charge in [0.2, 0.25) is 0 Å². The molecule has 2 rings (SSSR count). The molecule has 1 N–H and O–H groups in total. The predicted octanol–water partition coefficient (Wildman–Crippen LogP) is 3.84. The van der Waals surface area contributed by atoms with Gasteiger partial charge in [0.1, 0.15) is 17.4 Å². The number of benzene rings is 1. The standard InChI is InChI=1S/C20H22ClF3N2O3/c1-19(2,3)26(18(28)29)15(17(27)14-5-4-6-16(21)25-14)11-12-7-9-13(10-8-12)20(22,23)24/h4-10,15,17,27H,11H2,1-3H3,(H,28,29)/p-1. The van der Waals surface area contributed by atoms with Crippen LogP contribution in [0.4, 0.5) is 18.0 Å². The molecule has 1 aromatic heterocycles. The highest BCUT2D eigenvalue weighted by Gasteiger charge is 2.36. The van der Waals surface area contributed by atoms with Gasteiger partial charge < -0.3 is 19.9 Å². The Hall–Kier alpha value is -2.32. The van der Waals surface area contributed by atoms with Gasteiger partial charge >= 0.3 is 6.18 Å². The molecule has 0 fully saturated rings. The van der Waals surface area contributed by atoms with Crippen molar-refractivity contribution in [2.24, 2.45) is 0 Å². The van der Waals surface area contributed by atoms with Crippen LogP contribution in [0.5, 0.6) is 0 Å². The lowest BCUT2D eigenvalue weighted by Gasteiger charge is -2.45. The van der Waals surface area contributed by atoms with E-state index in [9.17, 15) is 28.2 Å². The first-order chi connectivity index (χ1) is 13.3. The SMILES string of the molecule is CC(C)(C)N(C(=O)[O-])C(Cc1ccc(C(F)(F)F)cc1)C(O)c1cccc(Cl)n1. The van der Waals surface area contributed by atoms with E-state index in [1.54, 1.807) is 26.8 Å². The Morgan fingerprint density at radius 1 is 1.17 bits per heavy atom. The molecule has 2 aromatic rings. The molecule has 0 aliphatic carbocycles. The van der Waals surface area contributed by atoms with Crippen molar-refractivity contribution in [3.63, 3.8) is 0 Å². The van der Waals surface area contributed by atoms with Gasteiger partial charge in [0.15, 0.2) is 0 Å². The molecule has 2 atom stereocenters. The first-order valence-electron chi connectivity index (χ1n) is 8.77. The molecule has 0 radical (unpaired) electrons. The van der Waals surface area contributed by atoms with E-state index in [0.29, 0.717) is 5.56 Å². The van der Waals surface area contributed by atoms with Crippen molar-refractivity contribution in [3.8, 4) is 0 Å². The first-order valence-corrected chi connectivity index (χ1v) is 9.15. The lowest BCUT2D eigenvalue weighted by atomic mass is 9.93. The third-order valence-electron chi connectivity index (χ3n) is 4.38. The van der Waals surface area contributed by atoms with Crippen LogP contribution in [-0.2, 0) is 12.6 Å². The summed E-state index contributed by atoms with van der Waals surface area (Å²) in [6, 6.07) is 7.82. The van der Waals surface area contributed by atoms with Crippen molar-refractivity contribution >= 4 is 17.7 Å². The molecule has 1 aromatic carbocycles. The molecule has 1 amide bonds. The number of aromatic nitrogens is 1. The number of carbonyl (C=O) groups is 1. The molecule has 0 saturated carbocycles. The number of halogens is 4. The molecule has 0 bridgehead atoms. The first kappa shape index (κ1) is 23.0. The molecule has 5 nitrogen and oxygen atoms in total. The zero-order chi connectivity index (χ0) is 22.0. The van der Waals surface area contributed by atoms with Crippen molar-refractivity contribution in [2.45, 2.75) is 51.1 Å². The lowest BCUT2D eigenvalue weighted by molar-refractivity contribution is -0.275. The number of amides is 1. The lowest BCUT2D eigenvalue weighted by Crippen LogP contribution is -2.58. The number of carboxylic acid groups (broad SMARTS) is 1. The Kier molecular flexibility index (Phi) is 6.80. The Morgan fingerprint density at radius 2 is 1.76 bits per heavy atom. The highest BCUT2D eigenvalue weighted by atomic mass is 35.5. The maximum absolute atomic E-state index is 12.8. The second kappa shape index (κ2) is 8.59. The monoisotopic (exact) mass is 429 g/mol. The van der Waals surface area contributed by atoms with Crippen LogP contribution < -0.4 is 5.11 Å². The van der Waals surface area contributed by atoms with Crippen LogP contribution in [0.25, 0.3) is 0 Å². The van der Waals surface area contributed by atoms with E-state index < -0.39 is 35.5 Å². The van der Waals surface area contributed by atoms with Crippen molar-refractivity contribution in [1.29, 1.82) is 0 Å². The number of aliphatic hydroxyl groups excluding tert-OH is 1. The summed E-state index contributed by atoms with van der Waals surface area (Å²) in [4.78, 5) is 16.9. The van der Waals surface area contributed by atoms with E-state index in [-0.39, 0.29) is 17.3 Å². The molecule has 0 saturated heterocycles. The number of nitrogens with zero attached hydrogens (tertiary/aromatic N) is 2. The van der Waals surface area contributed by atoms with E-state index >= 15 is 0 Å². The molecule has 0 aliphatic heterocycles. The molecule has 29 heavy (non-hydrogen) atoms. The van der Waals surface area contributed by atoms with Gasteiger partial charge in [-0.15, -0.1) is 0 Å². The maximum atomic E-state index is 12.8. The average Bonchev–Trinajstić information content (AvgIpc) is 2.58. The molecule has 1 heterocycles. The van der Waals surface area contributed by atoms with Gasteiger partial charge in [-0.3, -0.25) is 0 Å². The summed E-state index contributed by atoms with van der Waals surface area (Å²) in [5.74, 6) is 0. The fourth-order valence-corrected chi connectivity index (χ4v) is 3.28. The Morgan fingerprint density at radius 3 is 2.21 bits per heavy atom. The van der Waals surface area contributed by atoms with Crippen LogP contribution in [0.2, 0.25) is 5.15 Å². The Labute approximate surface area is 171 Å². The van der Waals surface area contributed by atoms with Crippen molar-refractivity contribution in [2.75, 3.05) is 0 Å². The van der Waals surface area contributed by atoms with Crippen molar-refractivity contribution < 1.29 is 28.2 Å². The maximum Gasteiger partial charge on any atom is 0.416 e. The Bertz CT molecular complexity index is 851. The van der Waals surface area contributed by atoms with E-state index in [0.717, 1.165) is 17.0 Å². The predicted molar refractivity (Wildman–Crippen MR) is 100 cm³/mol. The number of hydrogen-bond donors (Lipinski definition) is 1. The summed E-state index contributed by atoms with van der Waals surface area (Å²) < 4.78 is 38.4. The average molecular weight is 430 g/mol. The molecule has 9 heteroatoms. The molecule has 0 spiro atoms. The van der Waals surface area contributed by atoms with E-state index in [2.05, 4.69) is 4.98 Å². The van der Waals surface area contributed by atoms with Crippen LogP contribution in [0, 0.1) is 0 Å². The van der Waals surface area contributed by atoms with Gasteiger partial charge in [0.25, 0.3) is 0 Å². The number of alkyl halides is 3. The second-order valence-electron chi connectivity index (χ2n) is 7.60. The number of rotatable bonds is 5. The van der Waals surface area contributed by atoms with Crippen LogP contribution in [0.15, 0.2) is 42.5 Å². The van der Waals surface area contributed by atoms with Crippen molar-refractivity contribution in [1.82, 2.24) is 9.88 Å². The fraction of sp³-hybridized carbons (Fsp3) is 0.400. The zero-order valence-electron chi connectivity index (χ0n) is 16.1. The van der Waals surface area contributed by atoms with E-state index in [1.807, 2.05) is 0 Å². The summed E-state index contributed by atoms with van der Waals surface area (Å²) >= 11 is 5.87. The number of hydrogen-bond acceptors (Lipinski definition) is 4. The van der Waals surface area contributed by atoms with Gasteiger partial charge in [-0.1, -0.05) is 29.8 Å². The summed E-state index contributed by atoms with van der Waals surface area (Å²) in [5, 5.41) is 22.9. The van der Waals surface area contributed by atoms with Gasteiger partial charge in [0, 0.05) is 5.54 Å². The fourth-order valence-electron chi connectivity index (χ4n) is 3.11. The minimum atomic E-state index is -4.48. The normalized spacial score (nSPS) is 14.3. The van der Waals surface area contributed by atoms with Crippen molar-refractivity contribution in [3.05, 3.63) is 64.4 Å². The summed E-state index contributed by atoms with van der Waals surface area (Å²) in [6.45, 7) is 4.88. The minimum absolute atomic E-state index is 0.0568. The van der Waals surface area contributed by atoms with E-state index in [4.69, 9.17) is 11.6 Å². The molecule has 2 unspecified atom stereocenters. The third kappa shape index (κ3) is 5.83. The molecule has 158 valence electrons. The van der Waals surface area contributed by atoms with Crippen LogP contribution in [-0.4, -0.2) is 32.7 Å². The summed E-state index contributed by atoms with van der Waals surface area (Å²) in [7, 11) is 0. The number of pyridine rings is 1. The second-order valence-corrected chi connectivity index (χ2v) is 7.99. The third-order valence-corrected chi connectivity index (χ3v) is 4.59. The van der Waals surface area contributed by atoms with Crippen LogP contribution in [0.3, 0.4) is 0 Å². The highest BCUT2D eigenvalue weighted by Crippen LogP contribution is 2.32. The minimum Gasteiger partial charge on any atom is -0.530 e. The Balaban J connectivity index is 2.45. The molecule has 0 aliphatic rings. The van der Waals surface area contributed by atoms with Gasteiger partial charge in [-0.2, -0.15) is 13.2 Å². The topological polar surface area (TPSA) is 76.5 Å². The number of carbonyl (C=O) groups excluding carboxylic acids is 1. The summed E-state index contributed by atoms with van der Waals surface area (Å²) in [6.07, 6.45) is -7.44. The van der Waals surface area contributed by atoms with Gasteiger partial charge in [-0.05, 0) is 57.0 Å².